The van der Waals surface area contributed by atoms with E-state index in [1.54, 1.807) is 0 Å². The van der Waals surface area contributed by atoms with E-state index in [2.05, 4.69) is 5.32 Å². The van der Waals surface area contributed by atoms with E-state index in [4.69, 9.17) is 11.6 Å². The summed E-state index contributed by atoms with van der Waals surface area (Å²) in [5, 5.41) is 2.31. The number of likely N-dealkylation sites (tertiary alicyclic amines) is 1. The number of nitrogens with zero attached hydrogens (tertiary/aromatic N) is 1. The van der Waals surface area contributed by atoms with Gasteiger partial charge in [0.05, 0.1) is 16.0 Å². The Morgan fingerprint density at radius 2 is 1.88 bits per heavy atom. The van der Waals surface area contributed by atoms with Crippen LogP contribution in [0.3, 0.4) is 0 Å². The summed E-state index contributed by atoms with van der Waals surface area (Å²) in [7, 11) is -3.50. The van der Waals surface area contributed by atoms with Crippen LogP contribution < -0.4 is 5.32 Å². The Morgan fingerprint density at radius 1 is 1.16 bits per heavy atom. The number of benzene rings is 2. The highest BCUT2D eigenvalue weighted by molar-refractivity contribution is 7.90. The van der Waals surface area contributed by atoms with Crippen molar-refractivity contribution >= 4 is 33.3 Å². The number of rotatable bonds is 5. The van der Waals surface area contributed by atoms with E-state index in [0.717, 1.165) is 24.8 Å². The van der Waals surface area contributed by atoms with Crippen LogP contribution in [0.5, 0.6) is 0 Å². The molecule has 1 saturated carbocycles. The van der Waals surface area contributed by atoms with Gasteiger partial charge in [-0.3, -0.25) is 9.59 Å². The molecule has 1 aliphatic carbocycles. The fraction of sp³-hybridized carbons (Fsp3) is 0.364. The van der Waals surface area contributed by atoms with Crippen LogP contribution in [-0.4, -0.2) is 43.5 Å². The first-order chi connectivity index (χ1) is 15.0. The van der Waals surface area contributed by atoms with Gasteiger partial charge in [0, 0.05) is 23.4 Å². The van der Waals surface area contributed by atoms with Gasteiger partial charge >= 0.3 is 0 Å². The molecule has 2 aromatic carbocycles. The number of amides is 2. The molecular weight excluding hydrogens is 462 g/mol. The molecule has 2 aromatic rings. The van der Waals surface area contributed by atoms with Crippen LogP contribution in [0.15, 0.2) is 41.3 Å². The highest BCUT2D eigenvalue weighted by atomic mass is 35.5. The third-order valence-corrected chi connectivity index (χ3v) is 7.42. The Balaban J connectivity index is 1.55. The molecule has 1 aliphatic heterocycles. The Hall–Kier alpha value is -2.52. The van der Waals surface area contributed by atoms with Gasteiger partial charge in [0.1, 0.15) is 17.7 Å². The molecule has 4 atom stereocenters. The summed E-state index contributed by atoms with van der Waals surface area (Å²) < 4.78 is 51.7. The zero-order chi connectivity index (χ0) is 23.4. The van der Waals surface area contributed by atoms with Crippen LogP contribution >= 0.6 is 11.6 Å². The molecule has 1 N–H and O–H groups in total. The van der Waals surface area contributed by atoms with Gasteiger partial charge in [-0.05, 0) is 56.0 Å². The highest BCUT2D eigenvalue weighted by Crippen LogP contribution is 2.48. The lowest BCUT2D eigenvalue weighted by atomic mass is 10.1. The molecule has 1 heterocycles. The van der Waals surface area contributed by atoms with Crippen LogP contribution in [0.25, 0.3) is 0 Å². The van der Waals surface area contributed by atoms with E-state index in [0.29, 0.717) is 6.42 Å². The summed E-state index contributed by atoms with van der Waals surface area (Å²) in [5.41, 5.74) is 0.124. The minimum Gasteiger partial charge on any atom is -0.348 e. The van der Waals surface area contributed by atoms with Crippen LogP contribution in [0.1, 0.15) is 41.7 Å². The summed E-state index contributed by atoms with van der Waals surface area (Å²) in [4.78, 5) is 27.7. The molecule has 0 aromatic heterocycles. The van der Waals surface area contributed by atoms with Gasteiger partial charge in [-0.2, -0.15) is 0 Å². The van der Waals surface area contributed by atoms with Crippen LogP contribution in [0, 0.1) is 17.6 Å². The first-order valence-electron chi connectivity index (χ1n) is 10.0. The number of carbonyl (C=O) groups excluding carboxylic acids is 2. The minimum absolute atomic E-state index is 0.0183. The van der Waals surface area contributed by atoms with Gasteiger partial charge in [0.25, 0.3) is 5.91 Å². The first kappa shape index (κ1) is 22.7. The molecule has 170 valence electrons. The number of hydrogen-bond acceptors (Lipinski definition) is 4. The SMILES string of the molecule is C[C@@H](NC(=O)[C@H]1CC2C[C@H]2N1C(=O)c1cccc(S(C)(=O)=O)c1)c1cc(F)c(Cl)cc1F. The quantitative estimate of drug-likeness (QED) is 0.661. The second-order valence-electron chi connectivity index (χ2n) is 8.35. The number of nitrogens with one attached hydrogen (secondary N) is 1. The first-order valence-corrected chi connectivity index (χ1v) is 12.3. The van der Waals surface area contributed by atoms with Crippen molar-refractivity contribution in [2.45, 2.75) is 42.8 Å². The number of halogens is 3. The van der Waals surface area contributed by atoms with Gasteiger partial charge in [0.15, 0.2) is 9.84 Å². The fourth-order valence-electron chi connectivity index (χ4n) is 4.25. The second kappa shape index (κ2) is 8.12. The molecular formula is C22H21ClF2N2O4S. The molecule has 2 aliphatic rings. The molecule has 1 unspecified atom stereocenters. The number of hydrogen-bond donors (Lipinski definition) is 1. The van der Waals surface area contributed by atoms with Gasteiger partial charge in [0.2, 0.25) is 5.91 Å². The Labute approximate surface area is 189 Å². The van der Waals surface area contributed by atoms with Crippen molar-refractivity contribution in [1.82, 2.24) is 10.2 Å². The second-order valence-corrected chi connectivity index (χ2v) is 10.8. The van der Waals surface area contributed by atoms with Gasteiger partial charge in [-0.1, -0.05) is 17.7 Å². The molecule has 2 amide bonds. The predicted molar refractivity (Wildman–Crippen MR) is 114 cm³/mol. The Bertz CT molecular complexity index is 1220. The van der Waals surface area contributed by atoms with Crippen molar-refractivity contribution < 1.29 is 26.8 Å². The van der Waals surface area contributed by atoms with E-state index in [-0.39, 0.29) is 33.0 Å². The maximum atomic E-state index is 14.2. The minimum atomic E-state index is -3.50. The molecule has 2 fully saturated rings. The number of sulfone groups is 1. The lowest BCUT2D eigenvalue weighted by Crippen LogP contribution is -2.48. The zero-order valence-corrected chi connectivity index (χ0v) is 18.9. The normalized spacial score (nSPS) is 22.9. The maximum Gasteiger partial charge on any atom is 0.254 e. The summed E-state index contributed by atoms with van der Waals surface area (Å²) >= 11 is 5.59. The number of piperidine rings is 1. The number of fused-ring (bicyclic) bond motifs is 1. The van der Waals surface area contributed by atoms with Crippen molar-refractivity contribution in [2.75, 3.05) is 6.26 Å². The molecule has 6 nitrogen and oxygen atoms in total. The van der Waals surface area contributed by atoms with Crippen molar-refractivity contribution in [3.05, 3.63) is 64.2 Å². The summed E-state index contributed by atoms with van der Waals surface area (Å²) in [5.74, 6) is -2.27. The van der Waals surface area contributed by atoms with Crippen molar-refractivity contribution in [1.29, 1.82) is 0 Å². The Morgan fingerprint density at radius 3 is 2.56 bits per heavy atom. The lowest BCUT2D eigenvalue weighted by molar-refractivity contribution is -0.126. The summed E-state index contributed by atoms with van der Waals surface area (Å²) in [6.45, 7) is 1.51. The van der Waals surface area contributed by atoms with Crippen LogP contribution in [0.2, 0.25) is 5.02 Å². The fourth-order valence-corrected chi connectivity index (χ4v) is 5.07. The molecule has 0 bridgehead atoms. The highest BCUT2D eigenvalue weighted by Gasteiger charge is 2.56. The van der Waals surface area contributed by atoms with Crippen molar-refractivity contribution in [3.8, 4) is 0 Å². The van der Waals surface area contributed by atoms with Crippen molar-refractivity contribution in [3.63, 3.8) is 0 Å². The molecule has 32 heavy (non-hydrogen) atoms. The molecule has 10 heteroatoms. The van der Waals surface area contributed by atoms with Crippen LogP contribution in [-0.2, 0) is 14.6 Å². The third kappa shape index (κ3) is 4.23. The van der Waals surface area contributed by atoms with Gasteiger partial charge in [-0.25, -0.2) is 17.2 Å². The average molecular weight is 483 g/mol. The summed E-state index contributed by atoms with van der Waals surface area (Å²) in [6, 6.07) is 5.76. The summed E-state index contributed by atoms with van der Waals surface area (Å²) in [6.07, 6.45) is 2.28. The average Bonchev–Trinajstić information content (AvgIpc) is 3.39. The van der Waals surface area contributed by atoms with Gasteiger partial charge in [-0.15, -0.1) is 0 Å². The maximum absolute atomic E-state index is 14.2. The molecule has 0 radical (unpaired) electrons. The molecule has 4 rings (SSSR count). The van der Waals surface area contributed by atoms with E-state index in [1.807, 2.05) is 0 Å². The smallest absolute Gasteiger partial charge is 0.254 e. The predicted octanol–water partition coefficient (Wildman–Crippen LogP) is 3.50. The van der Waals surface area contributed by atoms with Crippen LogP contribution in [0.4, 0.5) is 8.78 Å². The third-order valence-electron chi connectivity index (χ3n) is 6.02. The zero-order valence-electron chi connectivity index (χ0n) is 17.3. The largest absolute Gasteiger partial charge is 0.348 e. The van der Waals surface area contributed by atoms with Crippen molar-refractivity contribution in [2.24, 2.45) is 5.92 Å². The van der Waals surface area contributed by atoms with E-state index in [1.165, 1.54) is 36.1 Å². The number of carbonyl (C=O) groups is 2. The van der Waals surface area contributed by atoms with E-state index in [9.17, 15) is 26.8 Å². The van der Waals surface area contributed by atoms with E-state index >= 15 is 0 Å². The standard InChI is InChI=1S/C22H21ClF2N2O4S/c1-11(15-9-18(25)16(23)10-17(15)24)26-21(28)20-8-13-7-19(13)27(20)22(29)12-4-3-5-14(6-12)32(2,30)31/h3-6,9-11,13,19-20H,7-8H2,1-2H3,(H,26,28)/t11-,13?,19-,20-/m1/s1. The van der Waals surface area contributed by atoms with Gasteiger partial charge < -0.3 is 10.2 Å². The Kier molecular flexibility index (Phi) is 5.75. The van der Waals surface area contributed by atoms with E-state index < -0.39 is 45.4 Å². The topological polar surface area (TPSA) is 83.6 Å². The lowest BCUT2D eigenvalue weighted by Gasteiger charge is -2.28. The molecule has 0 spiro atoms. The monoisotopic (exact) mass is 482 g/mol. The molecule has 1 saturated heterocycles.